The van der Waals surface area contributed by atoms with E-state index in [9.17, 15) is 4.79 Å². The van der Waals surface area contributed by atoms with E-state index in [-0.39, 0.29) is 4.83 Å². The lowest BCUT2D eigenvalue weighted by Crippen LogP contribution is -2.49. The van der Waals surface area contributed by atoms with Crippen LogP contribution in [0.25, 0.3) is 0 Å². The highest BCUT2D eigenvalue weighted by molar-refractivity contribution is 9.10. The molecule has 0 aromatic rings. The molecule has 1 saturated carbocycles. The molecule has 4 unspecified atom stereocenters. The van der Waals surface area contributed by atoms with Crippen molar-refractivity contribution in [1.82, 2.24) is 4.90 Å². The largest absolute Gasteiger partial charge is 0.338 e. The van der Waals surface area contributed by atoms with Crippen molar-refractivity contribution < 1.29 is 4.79 Å². The average molecular weight is 288 g/mol. The standard InChI is InChI=1S/C13H22BrNO/c1-3-10-6-7-12(9(10)2)15-8-4-5-11(14)13(15)16/h9-12H,3-8H2,1-2H3. The number of halogens is 1. The maximum absolute atomic E-state index is 12.1. The summed E-state index contributed by atoms with van der Waals surface area (Å²) < 4.78 is 0. The minimum Gasteiger partial charge on any atom is -0.338 e. The molecule has 1 aliphatic carbocycles. The molecule has 1 saturated heterocycles. The first-order chi connectivity index (χ1) is 7.65. The Hall–Kier alpha value is -0.0500. The molecule has 2 fully saturated rings. The lowest BCUT2D eigenvalue weighted by molar-refractivity contribution is -0.135. The molecule has 1 amide bonds. The van der Waals surface area contributed by atoms with Crippen LogP contribution in [0.2, 0.25) is 0 Å². The highest BCUT2D eigenvalue weighted by Crippen LogP contribution is 2.38. The number of rotatable bonds is 2. The number of likely N-dealkylation sites (tertiary alicyclic amines) is 1. The first-order valence-electron chi connectivity index (χ1n) is 6.59. The van der Waals surface area contributed by atoms with Crippen LogP contribution >= 0.6 is 15.9 Å². The maximum Gasteiger partial charge on any atom is 0.236 e. The van der Waals surface area contributed by atoms with Crippen LogP contribution in [0.5, 0.6) is 0 Å². The Balaban J connectivity index is 2.04. The Morgan fingerprint density at radius 3 is 2.75 bits per heavy atom. The first kappa shape index (κ1) is 12.4. The van der Waals surface area contributed by atoms with E-state index in [4.69, 9.17) is 0 Å². The van der Waals surface area contributed by atoms with Crippen molar-refractivity contribution in [2.24, 2.45) is 11.8 Å². The van der Waals surface area contributed by atoms with Gasteiger partial charge in [-0.1, -0.05) is 36.2 Å². The number of alkyl halides is 1. The van der Waals surface area contributed by atoms with Crippen molar-refractivity contribution in [2.45, 2.75) is 56.8 Å². The predicted molar refractivity (Wildman–Crippen MR) is 69.6 cm³/mol. The van der Waals surface area contributed by atoms with Crippen LogP contribution in [0.1, 0.15) is 46.0 Å². The van der Waals surface area contributed by atoms with Gasteiger partial charge in [-0.25, -0.2) is 0 Å². The summed E-state index contributed by atoms with van der Waals surface area (Å²) in [5.41, 5.74) is 0. The summed E-state index contributed by atoms with van der Waals surface area (Å²) in [6.45, 7) is 5.58. The van der Waals surface area contributed by atoms with Crippen molar-refractivity contribution in [3.8, 4) is 0 Å². The fraction of sp³-hybridized carbons (Fsp3) is 0.923. The molecule has 2 rings (SSSR count). The van der Waals surface area contributed by atoms with Crippen molar-refractivity contribution in [3.05, 3.63) is 0 Å². The smallest absolute Gasteiger partial charge is 0.236 e. The zero-order valence-corrected chi connectivity index (χ0v) is 11.9. The summed E-state index contributed by atoms with van der Waals surface area (Å²) in [5, 5.41) is 0. The second kappa shape index (κ2) is 5.07. The van der Waals surface area contributed by atoms with E-state index in [0.717, 1.165) is 25.3 Å². The Bertz CT molecular complexity index is 269. The minimum absolute atomic E-state index is 0.0779. The second-order valence-electron chi connectivity index (χ2n) is 5.31. The lowest BCUT2D eigenvalue weighted by atomic mass is 9.92. The van der Waals surface area contributed by atoms with Gasteiger partial charge in [0.2, 0.25) is 5.91 Å². The molecule has 2 nitrogen and oxygen atoms in total. The van der Waals surface area contributed by atoms with E-state index in [1.807, 2.05) is 0 Å². The second-order valence-corrected chi connectivity index (χ2v) is 6.42. The summed E-state index contributed by atoms with van der Waals surface area (Å²) in [5.74, 6) is 1.85. The van der Waals surface area contributed by atoms with E-state index in [1.165, 1.54) is 19.3 Å². The van der Waals surface area contributed by atoms with Gasteiger partial charge in [-0.2, -0.15) is 0 Å². The minimum atomic E-state index is 0.0779. The topological polar surface area (TPSA) is 20.3 Å². The molecule has 2 aliphatic rings. The Morgan fingerprint density at radius 1 is 1.38 bits per heavy atom. The van der Waals surface area contributed by atoms with E-state index in [0.29, 0.717) is 17.9 Å². The van der Waals surface area contributed by atoms with Crippen LogP contribution in [0.4, 0.5) is 0 Å². The van der Waals surface area contributed by atoms with Gasteiger partial charge in [-0.05, 0) is 37.5 Å². The molecule has 0 radical (unpaired) electrons. The zero-order valence-electron chi connectivity index (χ0n) is 10.3. The fourth-order valence-corrected chi connectivity index (χ4v) is 4.01. The van der Waals surface area contributed by atoms with Gasteiger partial charge in [-0.3, -0.25) is 4.79 Å². The average Bonchev–Trinajstić information content (AvgIpc) is 2.64. The third-order valence-electron chi connectivity index (χ3n) is 4.52. The van der Waals surface area contributed by atoms with E-state index in [1.54, 1.807) is 0 Å². The molecule has 4 atom stereocenters. The molecule has 0 aromatic heterocycles. The lowest BCUT2D eigenvalue weighted by Gasteiger charge is -2.37. The van der Waals surface area contributed by atoms with Gasteiger partial charge in [-0.15, -0.1) is 0 Å². The van der Waals surface area contributed by atoms with Crippen LogP contribution in [0, 0.1) is 11.8 Å². The predicted octanol–water partition coefficient (Wildman–Crippen LogP) is 3.20. The number of hydrogen-bond donors (Lipinski definition) is 0. The molecule has 0 N–H and O–H groups in total. The summed E-state index contributed by atoms with van der Waals surface area (Å²) >= 11 is 3.50. The van der Waals surface area contributed by atoms with Gasteiger partial charge < -0.3 is 4.90 Å². The third-order valence-corrected chi connectivity index (χ3v) is 5.37. The molecule has 0 spiro atoms. The Labute approximate surface area is 107 Å². The van der Waals surface area contributed by atoms with Gasteiger partial charge in [0.1, 0.15) is 0 Å². The fourth-order valence-electron chi connectivity index (χ4n) is 3.42. The van der Waals surface area contributed by atoms with E-state index >= 15 is 0 Å². The molecule has 1 heterocycles. The molecule has 92 valence electrons. The number of amides is 1. The monoisotopic (exact) mass is 287 g/mol. The SMILES string of the molecule is CCC1CCC(N2CCCC(Br)C2=O)C1C. The quantitative estimate of drug-likeness (QED) is 0.715. The highest BCUT2D eigenvalue weighted by Gasteiger charge is 2.39. The van der Waals surface area contributed by atoms with Crippen molar-refractivity contribution in [2.75, 3.05) is 6.54 Å². The van der Waals surface area contributed by atoms with Crippen LogP contribution in [0.3, 0.4) is 0 Å². The summed E-state index contributed by atoms with van der Waals surface area (Å²) in [6.07, 6.45) is 5.94. The molecule has 3 heteroatoms. The zero-order chi connectivity index (χ0) is 11.7. The van der Waals surface area contributed by atoms with Gasteiger partial charge in [0, 0.05) is 12.6 Å². The van der Waals surface area contributed by atoms with Crippen LogP contribution in [-0.4, -0.2) is 28.2 Å². The molecule has 0 bridgehead atoms. The Morgan fingerprint density at radius 2 is 2.12 bits per heavy atom. The number of carbonyl (C=O) groups is 1. The summed E-state index contributed by atoms with van der Waals surface area (Å²) in [6, 6.07) is 0.512. The molecular weight excluding hydrogens is 266 g/mol. The van der Waals surface area contributed by atoms with Crippen molar-refractivity contribution >= 4 is 21.8 Å². The normalized spacial score (nSPS) is 40.4. The third kappa shape index (κ3) is 2.15. The number of nitrogens with zero attached hydrogens (tertiary/aromatic N) is 1. The van der Waals surface area contributed by atoms with E-state index < -0.39 is 0 Å². The van der Waals surface area contributed by atoms with Gasteiger partial charge >= 0.3 is 0 Å². The van der Waals surface area contributed by atoms with E-state index in [2.05, 4.69) is 34.7 Å². The summed E-state index contributed by atoms with van der Waals surface area (Å²) in [7, 11) is 0. The van der Waals surface area contributed by atoms with Crippen molar-refractivity contribution in [3.63, 3.8) is 0 Å². The van der Waals surface area contributed by atoms with Gasteiger partial charge in [0.05, 0.1) is 4.83 Å². The van der Waals surface area contributed by atoms with Crippen molar-refractivity contribution in [1.29, 1.82) is 0 Å². The van der Waals surface area contributed by atoms with Gasteiger partial charge in [0.15, 0.2) is 0 Å². The van der Waals surface area contributed by atoms with Crippen LogP contribution in [-0.2, 0) is 4.79 Å². The molecular formula is C13H22BrNO. The summed E-state index contributed by atoms with van der Waals surface area (Å²) in [4.78, 5) is 14.4. The number of carbonyl (C=O) groups excluding carboxylic acids is 1. The number of hydrogen-bond acceptors (Lipinski definition) is 1. The first-order valence-corrected chi connectivity index (χ1v) is 7.51. The molecule has 16 heavy (non-hydrogen) atoms. The number of piperidine rings is 1. The van der Waals surface area contributed by atoms with Gasteiger partial charge in [0.25, 0.3) is 0 Å². The maximum atomic E-state index is 12.1. The molecule has 1 aliphatic heterocycles. The molecule has 0 aromatic carbocycles. The highest BCUT2D eigenvalue weighted by atomic mass is 79.9. The van der Waals surface area contributed by atoms with Crippen LogP contribution in [0.15, 0.2) is 0 Å². The van der Waals surface area contributed by atoms with Crippen LogP contribution < -0.4 is 0 Å². The Kier molecular flexibility index (Phi) is 3.93.